The topological polar surface area (TPSA) is 66.0 Å². The molecule has 1 atom stereocenters. The van der Waals surface area contributed by atoms with Crippen molar-refractivity contribution < 1.29 is 9.53 Å². The molecular weight excluding hydrogens is 527 g/mol. The molecule has 6 nitrogen and oxygen atoms in total. The van der Waals surface area contributed by atoms with Gasteiger partial charge in [0.15, 0.2) is 5.96 Å². The van der Waals surface area contributed by atoms with Crippen LogP contribution in [0, 0.1) is 0 Å². The van der Waals surface area contributed by atoms with Gasteiger partial charge in [-0.2, -0.15) is 0 Å². The fourth-order valence-electron chi connectivity index (χ4n) is 2.79. The number of hydrogen-bond donors (Lipinski definition) is 2. The van der Waals surface area contributed by atoms with Crippen molar-refractivity contribution >= 4 is 47.4 Å². The number of carbonyl (C=O) groups excluding carboxylic acids is 1. The Morgan fingerprint density at radius 2 is 1.87 bits per heavy atom. The molecule has 0 bridgehead atoms. The largest absolute Gasteiger partial charge is 0.489 e. The molecule has 2 N–H and O–H groups in total. The van der Waals surface area contributed by atoms with Crippen LogP contribution in [0.3, 0.4) is 0 Å². The van der Waals surface area contributed by atoms with E-state index in [9.17, 15) is 4.79 Å². The van der Waals surface area contributed by atoms with Crippen LogP contribution in [0.5, 0.6) is 5.75 Å². The molecule has 170 valence electrons. The Labute approximate surface area is 207 Å². The van der Waals surface area contributed by atoms with Gasteiger partial charge in [-0.05, 0) is 62.2 Å². The first-order valence-corrected chi connectivity index (χ1v) is 10.5. The van der Waals surface area contributed by atoms with Crippen molar-refractivity contribution in [3.05, 3.63) is 64.7 Å². The zero-order valence-corrected chi connectivity index (χ0v) is 21.6. The van der Waals surface area contributed by atoms with Gasteiger partial charge in [0.2, 0.25) is 0 Å². The molecule has 0 aliphatic heterocycles. The van der Waals surface area contributed by atoms with E-state index in [0.29, 0.717) is 23.7 Å². The summed E-state index contributed by atoms with van der Waals surface area (Å²) in [6.07, 6.45) is 0.714. The van der Waals surface area contributed by atoms with Gasteiger partial charge in [0.05, 0.1) is 6.54 Å². The van der Waals surface area contributed by atoms with Gasteiger partial charge in [-0.25, -0.2) is 4.99 Å². The van der Waals surface area contributed by atoms with Crippen LogP contribution in [-0.4, -0.2) is 56.6 Å². The third kappa shape index (κ3) is 9.78. The van der Waals surface area contributed by atoms with E-state index in [1.54, 1.807) is 31.1 Å². The van der Waals surface area contributed by atoms with Crippen LogP contribution in [0.2, 0.25) is 5.02 Å². The van der Waals surface area contributed by atoms with Gasteiger partial charge in [0, 0.05) is 37.8 Å². The van der Waals surface area contributed by atoms with E-state index < -0.39 is 0 Å². The summed E-state index contributed by atoms with van der Waals surface area (Å²) in [4.78, 5) is 18.3. The van der Waals surface area contributed by atoms with Gasteiger partial charge in [-0.3, -0.25) is 4.79 Å². The summed E-state index contributed by atoms with van der Waals surface area (Å²) in [6.45, 7) is 6.00. The highest BCUT2D eigenvalue weighted by Gasteiger charge is 2.08. The molecule has 0 radical (unpaired) electrons. The number of nitrogens with one attached hydrogen (secondary N) is 2. The Morgan fingerprint density at radius 3 is 2.52 bits per heavy atom. The van der Waals surface area contributed by atoms with Gasteiger partial charge < -0.3 is 20.3 Å². The highest BCUT2D eigenvalue weighted by molar-refractivity contribution is 14.0. The van der Waals surface area contributed by atoms with Crippen molar-refractivity contribution in [2.24, 2.45) is 4.99 Å². The number of ether oxygens (including phenoxy) is 1. The summed E-state index contributed by atoms with van der Waals surface area (Å²) in [5.41, 5.74) is 1.80. The van der Waals surface area contributed by atoms with Gasteiger partial charge in [0.25, 0.3) is 5.91 Å². The molecule has 1 amide bonds. The SMILES string of the molecule is CCNC(=NCC(C)Oc1ccc(Cl)cc1)NCCc1cccc(C(=O)N(C)C)c1.I. The normalized spacial score (nSPS) is 11.8. The molecule has 0 aliphatic carbocycles. The van der Waals surface area contributed by atoms with E-state index in [2.05, 4.69) is 15.6 Å². The fraction of sp³-hybridized carbons (Fsp3) is 0.391. The van der Waals surface area contributed by atoms with E-state index in [0.717, 1.165) is 30.2 Å². The van der Waals surface area contributed by atoms with Crippen molar-refractivity contribution in [1.29, 1.82) is 0 Å². The molecule has 0 aliphatic rings. The minimum absolute atomic E-state index is 0. The van der Waals surface area contributed by atoms with Gasteiger partial charge in [-0.1, -0.05) is 23.7 Å². The van der Waals surface area contributed by atoms with Crippen LogP contribution in [-0.2, 0) is 6.42 Å². The molecule has 2 aromatic rings. The lowest BCUT2D eigenvalue weighted by Gasteiger charge is -2.15. The second kappa shape index (κ2) is 14.1. The molecule has 0 aromatic heterocycles. The van der Waals surface area contributed by atoms with E-state index in [4.69, 9.17) is 16.3 Å². The molecule has 1 unspecified atom stereocenters. The Bertz CT molecular complexity index is 844. The summed E-state index contributed by atoms with van der Waals surface area (Å²) in [7, 11) is 3.51. The second-order valence-electron chi connectivity index (χ2n) is 7.18. The number of halogens is 2. The first-order valence-electron chi connectivity index (χ1n) is 10.1. The van der Waals surface area contributed by atoms with Crippen LogP contribution in [0.1, 0.15) is 29.8 Å². The molecule has 8 heteroatoms. The standard InChI is InChI=1S/C23H31ClN4O2.HI/c1-5-25-23(27-16-17(2)30-21-11-9-20(24)10-12-21)26-14-13-18-7-6-8-19(15-18)22(29)28(3)4;/h6-12,15,17H,5,13-14,16H2,1-4H3,(H2,25,26,27);1H. The average Bonchev–Trinajstić information content (AvgIpc) is 2.73. The predicted molar refractivity (Wildman–Crippen MR) is 139 cm³/mol. The zero-order chi connectivity index (χ0) is 21.9. The minimum Gasteiger partial charge on any atom is -0.489 e. The lowest BCUT2D eigenvalue weighted by Crippen LogP contribution is -2.39. The first-order chi connectivity index (χ1) is 14.4. The average molecular weight is 559 g/mol. The lowest BCUT2D eigenvalue weighted by atomic mass is 10.1. The van der Waals surface area contributed by atoms with E-state index in [1.807, 2.05) is 50.2 Å². The highest BCUT2D eigenvalue weighted by Crippen LogP contribution is 2.16. The maximum absolute atomic E-state index is 12.1. The number of guanidine groups is 1. The van der Waals surface area contributed by atoms with Crippen LogP contribution in [0.25, 0.3) is 0 Å². The Hall–Kier alpha value is -2.00. The number of rotatable bonds is 9. The zero-order valence-electron chi connectivity index (χ0n) is 18.5. The van der Waals surface area contributed by atoms with Crippen LogP contribution in [0.4, 0.5) is 0 Å². The number of nitrogens with zero attached hydrogens (tertiary/aromatic N) is 2. The molecule has 0 saturated carbocycles. The van der Waals surface area contributed by atoms with Crippen LogP contribution in [0.15, 0.2) is 53.5 Å². The summed E-state index contributed by atoms with van der Waals surface area (Å²) in [6, 6.07) is 15.0. The minimum atomic E-state index is -0.0737. The van der Waals surface area contributed by atoms with Gasteiger partial charge >= 0.3 is 0 Å². The maximum Gasteiger partial charge on any atom is 0.253 e. The monoisotopic (exact) mass is 558 g/mol. The molecule has 31 heavy (non-hydrogen) atoms. The molecule has 2 aromatic carbocycles. The molecule has 0 heterocycles. The molecule has 0 saturated heterocycles. The Balaban J connectivity index is 0.00000480. The molecule has 0 fully saturated rings. The van der Waals surface area contributed by atoms with E-state index in [1.165, 1.54) is 0 Å². The third-order valence-corrected chi connectivity index (χ3v) is 4.54. The molecule has 0 spiro atoms. The van der Waals surface area contributed by atoms with Crippen LogP contribution < -0.4 is 15.4 Å². The Morgan fingerprint density at radius 1 is 1.16 bits per heavy atom. The van der Waals surface area contributed by atoms with Crippen LogP contribution >= 0.6 is 35.6 Å². The van der Waals surface area contributed by atoms with Gasteiger partial charge in [-0.15, -0.1) is 24.0 Å². The quantitative estimate of drug-likeness (QED) is 0.275. The fourth-order valence-corrected chi connectivity index (χ4v) is 2.91. The maximum atomic E-state index is 12.1. The number of amides is 1. The van der Waals surface area contributed by atoms with E-state index >= 15 is 0 Å². The van der Waals surface area contributed by atoms with Crippen molar-refractivity contribution in [2.45, 2.75) is 26.4 Å². The summed E-state index contributed by atoms with van der Waals surface area (Å²) in [5.74, 6) is 1.52. The van der Waals surface area contributed by atoms with Gasteiger partial charge in [0.1, 0.15) is 11.9 Å². The molecule has 2 rings (SSSR count). The predicted octanol–water partition coefficient (Wildman–Crippen LogP) is 4.22. The number of aliphatic imine (C=N–C) groups is 1. The Kier molecular flexibility index (Phi) is 12.3. The third-order valence-electron chi connectivity index (χ3n) is 4.29. The van der Waals surface area contributed by atoms with Crippen molar-refractivity contribution in [2.75, 3.05) is 33.7 Å². The first kappa shape index (κ1) is 27.0. The molecular formula is C23H32ClIN4O2. The van der Waals surface area contributed by atoms with E-state index in [-0.39, 0.29) is 36.0 Å². The second-order valence-corrected chi connectivity index (χ2v) is 7.62. The summed E-state index contributed by atoms with van der Waals surface area (Å²) >= 11 is 5.90. The number of benzene rings is 2. The highest BCUT2D eigenvalue weighted by atomic mass is 127. The summed E-state index contributed by atoms with van der Waals surface area (Å²) in [5, 5.41) is 7.27. The lowest BCUT2D eigenvalue weighted by molar-refractivity contribution is 0.0827. The van der Waals surface area contributed by atoms with Crippen molar-refractivity contribution in [3.8, 4) is 5.75 Å². The van der Waals surface area contributed by atoms with Crippen molar-refractivity contribution in [3.63, 3.8) is 0 Å². The smallest absolute Gasteiger partial charge is 0.253 e. The number of hydrogen-bond acceptors (Lipinski definition) is 3. The van der Waals surface area contributed by atoms with Crippen molar-refractivity contribution in [1.82, 2.24) is 15.5 Å². The summed E-state index contributed by atoms with van der Waals surface area (Å²) < 4.78 is 5.87. The number of carbonyl (C=O) groups is 1.